The Morgan fingerprint density at radius 1 is 1.17 bits per heavy atom. The van der Waals surface area contributed by atoms with Crippen LogP contribution in [-0.4, -0.2) is 0 Å². The molecular formula is C12H24. The number of hydrogen-bond acceptors (Lipinski definition) is 0. The van der Waals surface area contributed by atoms with Gasteiger partial charge in [-0.15, -0.1) is 0 Å². The summed E-state index contributed by atoms with van der Waals surface area (Å²) in [5.74, 6) is 2.34. The van der Waals surface area contributed by atoms with Crippen LogP contribution in [0.5, 0.6) is 0 Å². The van der Waals surface area contributed by atoms with Crippen molar-refractivity contribution >= 4 is 0 Å². The van der Waals surface area contributed by atoms with Gasteiger partial charge in [0.2, 0.25) is 0 Å². The smallest absolute Gasteiger partial charge is 0.0209 e. The Balaban J connectivity index is 4.14. The summed E-state index contributed by atoms with van der Waals surface area (Å²) in [5.41, 5.74) is 1.33. The molecule has 0 aromatic carbocycles. The summed E-state index contributed by atoms with van der Waals surface area (Å²) in [6.07, 6.45) is 2.60. The molecule has 12 heavy (non-hydrogen) atoms. The minimum absolute atomic E-state index is 0.676. The SMILES string of the molecule is C=C(C)C(C)C(C)C(CC)CC. The topological polar surface area (TPSA) is 0 Å². The van der Waals surface area contributed by atoms with Gasteiger partial charge in [-0.2, -0.15) is 0 Å². The van der Waals surface area contributed by atoms with Gasteiger partial charge in [0.05, 0.1) is 0 Å². The molecule has 0 heterocycles. The molecule has 0 aliphatic carbocycles. The van der Waals surface area contributed by atoms with Gasteiger partial charge in [0.1, 0.15) is 0 Å². The third kappa shape index (κ3) is 3.00. The van der Waals surface area contributed by atoms with Crippen molar-refractivity contribution in [3.8, 4) is 0 Å². The Hall–Kier alpha value is -0.260. The first-order chi connectivity index (χ1) is 5.54. The van der Waals surface area contributed by atoms with Crippen molar-refractivity contribution in [3.05, 3.63) is 12.2 Å². The van der Waals surface area contributed by atoms with E-state index in [4.69, 9.17) is 0 Å². The van der Waals surface area contributed by atoms with Gasteiger partial charge in [-0.1, -0.05) is 52.7 Å². The van der Waals surface area contributed by atoms with Crippen molar-refractivity contribution in [3.63, 3.8) is 0 Å². The molecule has 72 valence electrons. The summed E-state index contributed by atoms with van der Waals surface area (Å²) in [6.45, 7) is 15.4. The summed E-state index contributed by atoms with van der Waals surface area (Å²) in [6, 6.07) is 0. The van der Waals surface area contributed by atoms with Gasteiger partial charge in [-0.25, -0.2) is 0 Å². The minimum Gasteiger partial charge on any atom is -0.0999 e. The molecule has 0 spiro atoms. The lowest BCUT2D eigenvalue weighted by atomic mass is 9.78. The second-order valence-corrected chi connectivity index (χ2v) is 4.07. The Bertz CT molecular complexity index is 131. The fourth-order valence-electron chi connectivity index (χ4n) is 1.89. The first-order valence-electron chi connectivity index (χ1n) is 5.19. The van der Waals surface area contributed by atoms with Gasteiger partial charge >= 0.3 is 0 Å². The predicted octanol–water partition coefficient (Wildman–Crippen LogP) is 4.27. The molecule has 0 aromatic heterocycles. The highest BCUT2D eigenvalue weighted by atomic mass is 14.2. The Kier molecular flexibility index (Phi) is 5.28. The molecule has 2 unspecified atom stereocenters. The lowest BCUT2D eigenvalue weighted by Crippen LogP contribution is -2.18. The van der Waals surface area contributed by atoms with E-state index in [1.807, 2.05) is 0 Å². The summed E-state index contributed by atoms with van der Waals surface area (Å²) in [7, 11) is 0. The van der Waals surface area contributed by atoms with Crippen LogP contribution in [0.4, 0.5) is 0 Å². The maximum Gasteiger partial charge on any atom is -0.0209 e. The molecule has 0 N–H and O–H groups in total. The van der Waals surface area contributed by atoms with Crippen LogP contribution in [0, 0.1) is 17.8 Å². The van der Waals surface area contributed by atoms with E-state index in [-0.39, 0.29) is 0 Å². The Labute approximate surface area is 78.1 Å². The molecule has 0 aromatic rings. The van der Waals surface area contributed by atoms with Gasteiger partial charge in [-0.05, 0) is 24.7 Å². The second-order valence-electron chi connectivity index (χ2n) is 4.07. The normalized spacial score (nSPS) is 16.2. The quantitative estimate of drug-likeness (QED) is 0.538. The van der Waals surface area contributed by atoms with Crippen LogP contribution >= 0.6 is 0 Å². The fourth-order valence-corrected chi connectivity index (χ4v) is 1.89. The highest BCUT2D eigenvalue weighted by molar-refractivity contribution is 4.96. The molecule has 0 aliphatic rings. The summed E-state index contributed by atoms with van der Waals surface area (Å²) in [5, 5.41) is 0. The molecule has 0 heteroatoms. The van der Waals surface area contributed by atoms with Gasteiger partial charge in [0.25, 0.3) is 0 Å². The molecule has 0 rings (SSSR count). The zero-order chi connectivity index (χ0) is 9.72. The van der Waals surface area contributed by atoms with Crippen LogP contribution in [-0.2, 0) is 0 Å². The van der Waals surface area contributed by atoms with E-state index in [0.717, 1.165) is 11.8 Å². The first kappa shape index (κ1) is 11.7. The standard InChI is InChI=1S/C12H24/c1-7-12(8-2)11(6)10(5)9(3)4/h10-12H,3,7-8H2,1-2,4-6H3. The molecule has 0 saturated heterocycles. The summed E-state index contributed by atoms with van der Waals surface area (Å²) < 4.78 is 0. The van der Waals surface area contributed by atoms with Crippen LogP contribution in [0.3, 0.4) is 0 Å². The monoisotopic (exact) mass is 168 g/mol. The first-order valence-corrected chi connectivity index (χ1v) is 5.19. The molecule has 2 atom stereocenters. The van der Waals surface area contributed by atoms with E-state index in [1.54, 1.807) is 0 Å². The zero-order valence-corrected chi connectivity index (χ0v) is 9.35. The van der Waals surface area contributed by atoms with Crippen LogP contribution in [0.1, 0.15) is 47.5 Å². The molecule has 0 amide bonds. The lowest BCUT2D eigenvalue weighted by Gasteiger charge is -2.27. The van der Waals surface area contributed by atoms with Crippen molar-refractivity contribution < 1.29 is 0 Å². The summed E-state index contributed by atoms with van der Waals surface area (Å²) >= 11 is 0. The molecule has 0 radical (unpaired) electrons. The third-order valence-electron chi connectivity index (χ3n) is 3.36. The van der Waals surface area contributed by atoms with Gasteiger partial charge in [0.15, 0.2) is 0 Å². The molecule has 0 aliphatic heterocycles. The number of rotatable bonds is 5. The predicted molar refractivity (Wildman–Crippen MR) is 57.2 cm³/mol. The van der Waals surface area contributed by atoms with Gasteiger partial charge in [0, 0.05) is 0 Å². The largest absolute Gasteiger partial charge is 0.0999 e. The highest BCUT2D eigenvalue weighted by Gasteiger charge is 2.19. The van der Waals surface area contributed by atoms with Gasteiger partial charge < -0.3 is 0 Å². The third-order valence-corrected chi connectivity index (χ3v) is 3.36. The second kappa shape index (κ2) is 5.40. The van der Waals surface area contributed by atoms with Crippen molar-refractivity contribution in [1.82, 2.24) is 0 Å². The Morgan fingerprint density at radius 3 is 1.83 bits per heavy atom. The van der Waals surface area contributed by atoms with E-state index in [0.29, 0.717) is 5.92 Å². The average molecular weight is 168 g/mol. The van der Waals surface area contributed by atoms with Crippen LogP contribution in [0.15, 0.2) is 12.2 Å². The molecule has 0 fully saturated rings. The van der Waals surface area contributed by atoms with Crippen molar-refractivity contribution in [1.29, 1.82) is 0 Å². The van der Waals surface area contributed by atoms with E-state index >= 15 is 0 Å². The maximum atomic E-state index is 4.03. The van der Waals surface area contributed by atoms with Gasteiger partial charge in [-0.3, -0.25) is 0 Å². The van der Waals surface area contributed by atoms with Crippen molar-refractivity contribution in [2.24, 2.45) is 17.8 Å². The highest BCUT2D eigenvalue weighted by Crippen LogP contribution is 2.29. The van der Waals surface area contributed by atoms with E-state index < -0.39 is 0 Å². The Morgan fingerprint density at radius 2 is 1.58 bits per heavy atom. The number of hydrogen-bond donors (Lipinski definition) is 0. The number of allylic oxidation sites excluding steroid dienone is 1. The van der Waals surface area contributed by atoms with E-state index in [9.17, 15) is 0 Å². The molecular weight excluding hydrogens is 144 g/mol. The molecule has 0 nitrogen and oxygen atoms in total. The summed E-state index contributed by atoms with van der Waals surface area (Å²) in [4.78, 5) is 0. The van der Waals surface area contributed by atoms with Crippen LogP contribution in [0.2, 0.25) is 0 Å². The molecule has 0 bridgehead atoms. The average Bonchev–Trinajstić information content (AvgIpc) is 2.05. The zero-order valence-electron chi connectivity index (χ0n) is 9.35. The maximum absolute atomic E-state index is 4.03. The van der Waals surface area contributed by atoms with Crippen molar-refractivity contribution in [2.75, 3.05) is 0 Å². The fraction of sp³-hybridized carbons (Fsp3) is 0.833. The molecule has 0 saturated carbocycles. The van der Waals surface area contributed by atoms with E-state index in [2.05, 4.69) is 41.2 Å². The van der Waals surface area contributed by atoms with E-state index in [1.165, 1.54) is 18.4 Å². The van der Waals surface area contributed by atoms with Crippen molar-refractivity contribution in [2.45, 2.75) is 47.5 Å². The minimum atomic E-state index is 0.676. The lowest BCUT2D eigenvalue weighted by molar-refractivity contribution is 0.273. The van der Waals surface area contributed by atoms with Crippen LogP contribution < -0.4 is 0 Å². The van der Waals surface area contributed by atoms with Crippen LogP contribution in [0.25, 0.3) is 0 Å².